The van der Waals surface area contributed by atoms with Crippen LogP contribution in [0.1, 0.15) is 22.9 Å². The Labute approximate surface area is 153 Å². The average molecular weight is 349 g/mol. The van der Waals surface area contributed by atoms with Gasteiger partial charge in [-0.15, -0.1) is 0 Å². The number of benzene rings is 2. The fourth-order valence-corrected chi connectivity index (χ4v) is 3.46. The molecular formula is C21H23N3O2. The van der Waals surface area contributed by atoms with E-state index in [-0.39, 0.29) is 6.10 Å². The van der Waals surface area contributed by atoms with Crippen LogP contribution in [0.4, 0.5) is 5.82 Å². The minimum absolute atomic E-state index is 0.0323. The molecule has 3 aromatic rings. The smallest absolute Gasteiger partial charge is 0.135 e. The number of nitrogens with zero attached hydrogens (tertiary/aromatic N) is 3. The third-order valence-electron chi connectivity index (χ3n) is 5.12. The number of methoxy groups -OCH3 is 1. The summed E-state index contributed by atoms with van der Waals surface area (Å²) in [4.78, 5) is 11.1. The minimum Gasteiger partial charge on any atom is -0.497 e. The molecule has 0 spiro atoms. The van der Waals surface area contributed by atoms with Gasteiger partial charge in [-0.1, -0.05) is 18.2 Å². The summed E-state index contributed by atoms with van der Waals surface area (Å²) in [6, 6.07) is 12.6. The monoisotopic (exact) mass is 349 g/mol. The van der Waals surface area contributed by atoms with Gasteiger partial charge in [-0.3, -0.25) is 0 Å². The molecular weight excluding hydrogens is 326 g/mol. The van der Waals surface area contributed by atoms with Crippen molar-refractivity contribution in [1.82, 2.24) is 9.97 Å². The van der Waals surface area contributed by atoms with E-state index in [1.54, 1.807) is 13.4 Å². The molecule has 2 aromatic carbocycles. The molecule has 4 rings (SSSR count). The maximum absolute atomic E-state index is 6.07. The number of aryl methyl sites for hydroxylation is 1. The summed E-state index contributed by atoms with van der Waals surface area (Å²) >= 11 is 0. The van der Waals surface area contributed by atoms with E-state index < -0.39 is 0 Å². The zero-order chi connectivity index (χ0) is 18.1. The number of fused-ring (bicyclic) bond motifs is 1. The molecule has 2 heterocycles. The highest BCUT2D eigenvalue weighted by molar-refractivity contribution is 5.84. The standard InChI is InChI=1S/C21H23N3O2/c1-14-15(2)22-13-23-21(14)24-8-9-26-20(12-24)18-5-4-17-11-19(25-3)7-6-16(17)10-18/h4-7,10-11,13,20H,8-9,12H2,1-3H3. The Balaban J connectivity index is 1.61. The highest BCUT2D eigenvalue weighted by Gasteiger charge is 2.24. The van der Waals surface area contributed by atoms with Gasteiger partial charge in [0.2, 0.25) is 0 Å². The van der Waals surface area contributed by atoms with Crippen LogP contribution >= 0.6 is 0 Å². The highest BCUT2D eigenvalue weighted by atomic mass is 16.5. The van der Waals surface area contributed by atoms with Crippen molar-refractivity contribution in [2.24, 2.45) is 0 Å². The van der Waals surface area contributed by atoms with Crippen LogP contribution in [-0.2, 0) is 4.74 Å². The van der Waals surface area contributed by atoms with Gasteiger partial charge in [0.15, 0.2) is 0 Å². The Morgan fingerprint density at radius 3 is 2.73 bits per heavy atom. The molecule has 1 aliphatic rings. The van der Waals surface area contributed by atoms with E-state index in [4.69, 9.17) is 9.47 Å². The summed E-state index contributed by atoms with van der Waals surface area (Å²) < 4.78 is 11.4. The van der Waals surface area contributed by atoms with Gasteiger partial charge < -0.3 is 14.4 Å². The molecule has 0 aliphatic carbocycles. The Hall–Kier alpha value is -2.66. The molecule has 0 N–H and O–H groups in total. The van der Waals surface area contributed by atoms with E-state index in [0.717, 1.165) is 35.9 Å². The fourth-order valence-electron chi connectivity index (χ4n) is 3.46. The average Bonchev–Trinajstić information content (AvgIpc) is 2.69. The first-order valence-corrected chi connectivity index (χ1v) is 8.88. The van der Waals surface area contributed by atoms with Gasteiger partial charge in [0.25, 0.3) is 0 Å². The number of ether oxygens (including phenoxy) is 2. The molecule has 1 saturated heterocycles. The lowest BCUT2D eigenvalue weighted by atomic mass is 10.0. The molecule has 5 heteroatoms. The first-order chi connectivity index (χ1) is 12.7. The van der Waals surface area contributed by atoms with Crippen LogP contribution in [0.3, 0.4) is 0 Å². The first kappa shape index (κ1) is 16.8. The SMILES string of the molecule is COc1ccc2cc(C3CN(c4ncnc(C)c4C)CCO3)ccc2c1. The molecule has 0 bridgehead atoms. The second-order valence-electron chi connectivity index (χ2n) is 6.69. The van der Waals surface area contributed by atoms with Crippen molar-refractivity contribution < 1.29 is 9.47 Å². The van der Waals surface area contributed by atoms with E-state index in [0.29, 0.717) is 6.61 Å². The predicted molar refractivity (Wildman–Crippen MR) is 103 cm³/mol. The number of hydrogen-bond donors (Lipinski definition) is 0. The lowest BCUT2D eigenvalue weighted by Crippen LogP contribution is -2.39. The van der Waals surface area contributed by atoms with Gasteiger partial charge in [-0.05, 0) is 48.4 Å². The summed E-state index contributed by atoms with van der Waals surface area (Å²) in [5.74, 6) is 1.89. The summed E-state index contributed by atoms with van der Waals surface area (Å²) in [6.07, 6.45) is 1.68. The molecule has 0 saturated carbocycles. The van der Waals surface area contributed by atoms with Gasteiger partial charge in [0.1, 0.15) is 24.0 Å². The van der Waals surface area contributed by atoms with Crippen molar-refractivity contribution >= 4 is 16.6 Å². The Morgan fingerprint density at radius 1 is 1.08 bits per heavy atom. The number of hydrogen-bond acceptors (Lipinski definition) is 5. The second kappa shape index (κ2) is 6.92. The third kappa shape index (κ3) is 3.10. The number of anilines is 1. The van der Waals surface area contributed by atoms with Crippen LogP contribution in [0.2, 0.25) is 0 Å². The van der Waals surface area contributed by atoms with E-state index >= 15 is 0 Å². The van der Waals surface area contributed by atoms with Crippen LogP contribution in [0.5, 0.6) is 5.75 Å². The molecule has 134 valence electrons. The van der Waals surface area contributed by atoms with Gasteiger partial charge >= 0.3 is 0 Å². The van der Waals surface area contributed by atoms with Gasteiger partial charge in [-0.25, -0.2) is 9.97 Å². The molecule has 1 fully saturated rings. The molecule has 5 nitrogen and oxygen atoms in total. The van der Waals surface area contributed by atoms with E-state index in [1.807, 2.05) is 13.0 Å². The largest absolute Gasteiger partial charge is 0.497 e. The lowest BCUT2D eigenvalue weighted by molar-refractivity contribution is 0.0395. The van der Waals surface area contributed by atoms with Crippen molar-refractivity contribution in [2.75, 3.05) is 31.7 Å². The minimum atomic E-state index is 0.0323. The normalized spacial score (nSPS) is 17.5. The zero-order valence-electron chi connectivity index (χ0n) is 15.4. The number of rotatable bonds is 3. The first-order valence-electron chi connectivity index (χ1n) is 8.88. The Morgan fingerprint density at radius 2 is 1.88 bits per heavy atom. The number of aromatic nitrogens is 2. The van der Waals surface area contributed by atoms with Crippen LogP contribution < -0.4 is 9.64 Å². The molecule has 26 heavy (non-hydrogen) atoms. The maximum atomic E-state index is 6.07. The van der Waals surface area contributed by atoms with E-state index in [1.165, 1.54) is 16.3 Å². The summed E-state index contributed by atoms with van der Waals surface area (Å²) in [5, 5.41) is 2.36. The van der Waals surface area contributed by atoms with Crippen LogP contribution in [0, 0.1) is 13.8 Å². The predicted octanol–water partition coefficient (Wildman–Crippen LogP) is 3.83. The van der Waals surface area contributed by atoms with Crippen LogP contribution in [-0.4, -0.2) is 36.8 Å². The molecule has 1 aromatic heterocycles. The molecule has 1 unspecified atom stereocenters. The van der Waals surface area contributed by atoms with Crippen molar-refractivity contribution in [3.63, 3.8) is 0 Å². The van der Waals surface area contributed by atoms with Crippen LogP contribution in [0.25, 0.3) is 10.8 Å². The van der Waals surface area contributed by atoms with Gasteiger partial charge in [0.05, 0.1) is 13.7 Å². The topological polar surface area (TPSA) is 47.5 Å². The summed E-state index contributed by atoms with van der Waals surface area (Å²) in [6.45, 7) is 6.43. The highest BCUT2D eigenvalue weighted by Crippen LogP contribution is 2.30. The summed E-state index contributed by atoms with van der Waals surface area (Å²) in [7, 11) is 1.69. The van der Waals surface area contributed by atoms with Crippen molar-refractivity contribution in [2.45, 2.75) is 20.0 Å². The second-order valence-corrected chi connectivity index (χ2v) is 6.69. The quantitative estimate of drug-likeness (QED) is 0.719. The van der Waals surface area contributed by atoms with Crippen molar-refractivity contribution in [3.05, 3.63) is 59.5 Å². The Bertz CT molecular complexity index is 942. The Kier molecular flexibility index (Phi) is 4.47. The zero-order valence-corrected chi connectivity index (χ0v) is 15.4. The number of morpholine rings is 1. The maximum Gasteiger partial charge on any atom is 0.135 e. The molecule has 0 radical (unpaired) electrons. The lowest BCUT2D eigenvalue weighted by Gasteiger charge is -2.34. The van der Waals surface area contributed by atoms with Crippen molar-refractivity contribution in [1.29, 1.82) is 0 Å². The van der Waals surface area contributed by atoms with Crippen molar-refractivity contribution in [3.8, 4) is 5.75 Å². The van der Waals surface area contributed by atoms with E-state index in [2.05, 4.69) is 52.1 Å². The van der Waals surface area contributed by atoms with Gasteiger partial charge in [0, 0.05) is 24.3 Å². The van der Waals surface area contributed by atoms with Gasteiger partial charge in [-0.2, -0.15) is 0 Å². The van der Waals surface area contributed by atoms with E-state index in [9.17, 15) is 0 Å². The molecule has 1 aliphatic heterocycles. The fraction of sp³-hybridized carbons (Fsp3) is 0.333. The molecule has 0 amide bonds. The summed E-state index contributed by atoms with van der Waals surface area (Å²) in [5.41, 5.74) is 3.35. The molecule has 1 atom stereocenters. The third-order valence-corrected chi connectivity index (χ3v) is 5.12. The van der Waals surface area contributed by atoms with Crippen LogP contribution in [0.15, 0.2) is 42.7 Å².